The summed E-state index contributed by atoms with van der Waals surface area (Å²) in [5, 5.41) is 7.81. The highest BCUT2D eigenvalue weighted by molar-refractivity contribution is 6.02. The summed E-state index contributed by atoms with van der Waals surface area (Å²) in [6, 6.07) is 5.22. The molecule has 0 aliphatic carbocycles. The highest BCUT2D eigenvalue weighted by Gasteiger charge is 2.32. The molecular formula is C26H38N4O6. The minimum atomic E-state index is -1.13. The normalized spacial score (nSPS) is 12.9. The molecule has 198 valence electrons. The fourth-order valence-electron chi connectivity index (χ4n) is 3.44. The first-order chi connectivity index (χ1) is 17.3. The molecule has 0 heterocycles. The van der Waals surface area contributed by atoms with E-state index in [0.29, 0.717) is 31.7 Å². The van der Waals surface area contributed by atoms with Crippen LogP contribution in [0, 0.1) is 5.92 Å². The molecule has 3 amide bonds. The number of hydrogen-bond donors (Lipinski definition) is 4. The zero-order valence-electron chi connectivity index (χ0n) is 21.1. The molecule has 0 fully saturated rings. The van der Waals surface area contributed by atoms with E-state index in [-0.39, 0.29) is 19.3 Å². The summed E-state index contributed by atoms with van der Waals surface area (Å²) >= 11 is 0. The third-order valence-electron chi connectivity index (χ3n) is 5.39. The van der Waals surface area contributed by atoms with Gasteiger partial charge in [0.05, 0.1) is 7.11 Å². The Morgan fingerprint density at radius 3 is 2.14 bits per heavy atom. The predicted molar refractivity (Wildman–Crippen MR) is 137 cm³/mol. The molecule has 0 bridgehead atoms. The predicted octanol–water partition coefficient (Wildman–Crippen LogP) is 1.00. The summed E-state index contributed by atoms with van der Waals surface area (Å²) in [6.07, 6.45) is 4.78. The van der Waals surface area contributed by atoms with Gasteiger partial charge in [-0.1, -0.05) is 37.3 Å². The van der Waals surface area contributed by atoms with Crippen LogP contribution in [0.3, 0.4) is 0 Å². The molecule has 0 aromatic heterocycles. The van der Waals surface area contributed by atoms with E-state index < -0.39 is 41.7 Å². The summed E-state index contributed by atoms with van der Waals surface area (Å²) < 4.78 is 10.2. The maximum absolute atomic E-state index is 13.2. The van der Waals surface area contributed by atoms with Crippen LogP contribution in [-0.4, -0.2) is 63.1 Å². The van der Waals surface area contributed by atoms with Crippen molar-refractivity contribution in [2.45, 2.75) is 44.2 Å². The van der Waals surface area contributed by atoms with Crippen molar-refractivity contribution in [1.82, 2.24) is 16.0 Å². The van der Waals surface area contributed by atoms with Gasteiger partial charge in [0.15, 0.2) is 0 Å². The molecule has 0 radical (unpaired) electrons. The zero-order chi connectivity index (χ0) is 26.9. The van der Waals surface area contributed by atoms with Gasteiger partial charge in [0.25, 0.3) is 0 Å². The minimum absolute atomic E-state index is 0.142. The van der Waals surface area contributed by atoms with Crippen molar-refractivity contribution < 1.29 is 28.7 Å². The van der Waals surface area contributed by atoms with Gasteiger partial charge >= 0.3 is 5.97 Å². The fourth-order valence-corrected chi connectivity index (χ4v) is 3.44. The molecule has 0 spiro atoms. The van der Waals surface area contributed by atoms with E-state index in [1.165, 1.54) is 20.2 Å². The van der Waals surface area contributed by atoms with Gasteiger partial charge in [-0.15, -0.1) is 6.58 Å². The molecule has 0 aliphatic rings. The molecule has 1 rings (SSSR count). The molecular weight excluding hydrogens is 464 g/mol. The first kappa shape index (κ1) is 30.4. The third-order valence-corrected chi connectivity index (χ3v) is 5.39. The smallest absolute Gasteiger partial charge is 0.328 e. The number of methoxy groups -OCH3 is 1. The largest absolute Gasteiger partial charge is 0.490 e. The third kappa shape index (κ3) is 10.3. The van der Waals surface area contributed by atoms with E-state index in [2.05, 4.69) is 29.1 Å². The van der Waals surface area contributed by atoms with Crippen LogP contribution in [0.4, 0.5) is 0 Å². The Hall–Kier alpha value is -3.66. The van der Waals surface area contributed by atoms with Crippen LogP contribution in [0.25, 0.3) is 0 Å². The van der Waals surface area contributed by atoms with Gasteiger partial charge in [0, 0.05) is 13.5 Å². The maximum atomic E-state index is 13.2. The van der Waals surface area contributed by atoms with Crippen molar-refractivity contribution in [3.8, 4) is 5.75 Å². The summed E-state index contributed by atoms with van der Waals surface area (Å²) in [6.45, 7) is 7.97. The number of rotatable bonds is 17. The van der Waals surface area contributed by atoms with Crippen LogP contribution < -0.4 is 26.4 Å². The van der Waals surface area contributed by atoms with Gasteiger partial charge in [0.2, 0.25) is 17.7 Å². The molecule has 0 saturated heterocycles. The lowest BCUT2D eigenvalue weighted by Crippen LogP contribution is -2.53. The molecule has 36 heavy (non-hydrogen) atoms. The topological polar surface area (TPSA) is 149 Å². The highest BCUT2D eigenvalue weighted by atomic mass is 16.5. The zero-order valence-corrected chi connectivity index (χ0v) is 21.1. The van der Waals surface area contributed by atoms with Crippen LogP contribution in [-0.2, 0) is 30.3 Å². The molecule has 10 nitrogen and oxygen atoms in total. The van der Waals surface area contributed by atoms with E-state index >= 15 is 0 Å². The molecule has 1 aromatic rings. The van der Waals surface area contributed by atoms with E-state index in [1.807, 2.05) is 0 Å². The summed E-state index contributed by atoms with van der Waals surface area (Å²) in [7, 11) is 2.68. The Morgan fingerprint density at radius 1 is 0.972 bits per heavy atom. The second-order valence-corrected chi connectivity index (χ2v) is 8.07. The van der Waals surface area contributed by atoms with E-state index in [4.69, 9.17) is 15.2 Å². The van der Waals surface area contributed by atoms with Crippen LogP contribution in [0.5, 0.6) is 5.75 Å². The Kier molecular flexibility index (Phi) is 14.2. The van der Waals surface area contributed by atoms with Gasteiger partial charge in [-0.2, -0.15) is 0 Å². The number of nitrogens with two attached hydrogens (primary N) is 1. The summed E-state index contributed by atoms with van der Waals surface area (Å²) in [5.41, 5.74) is 6.35. The number of carbonyl (C=O) groups is 4. The van der Waals surface area contributed by atoms with Gasteiger partial charge in [-0.25, -0.2) is 4.79 Å². The van der Waals surface area contributed by atoms with Gasteiger partial charge in [-0.3, -0.25) is 14.4 Å². The van der Waals surface area contributed by atoms with E-state index in [9.17, 15) is 19.2 Å². The number of amides is 3. The number of esters is 1. The average Bonchev–Trinajstić information content (AvgIpc) is 2.88. The Morgan fingerprint density at radius 2 is 1.61 bits per heavy atom. The standard InChI is InChI=1S/C26H38N4O6/c1-5-9-21(26(34)35-4)29-23(31)20(10-7-8-15-27)24(32)30-22(25(33)28-3)17-18-11-13-19(14-12-18)36-16-6-2/h5-6,11-14,20-22H,1-2,7-10,15-17,27H2,3-4H3,(H,28,33)(H,29,31)(H,30,32)/t20-,21+,22+/m1/s1. The number of ether oxygens (including phenoxy) is 2. The number of likely N-dealkylation sites (N-methyl/N-ethyl adjacent to an activating group) is 1. The van der Waals surface area contributed by atoms with Crippen LogP contribution in [0.2, 0.25) is 0 Å². The minimum Gasteiger partial charge on any atom is -0.490 e. The second kappa shape index (κ2) is 16.9. The monoisotopic (exact) mass is 502 g/mol. The van der Waals surface area contributed by atoms with Crippen molar-refractivity contribution >= 4 is 23.7 Å². The van der Waals surface area contributed by atoms with Crippen molar-refractivity contribution in [1.29, 1.82) is 0 Å². The first-order valence-corrected chi connectivity index (χ1v) is 11.8. The van der Waals surface area contributed by atoms with E-state index in [1.54, 1.807) is 30.3 Å². The molecule has 1 aromatic carbocycles. The van der Waals surface area contributed by atoms with Crippen LogP contribution in [0.1, 0.15) is 31.2 Å². The van der Waals surface area contributed by atoms with E-state index in [0.717, 1.165) is 5.56 Å². The SMILES string of the molecule is C=CCOc1ccc(C[C@H](NC(=O)[C@H](CCCCN)C(=O)N[C@@H](CC=C)C(=O)OC)C(=O)NC)cc1. The van der Waals surface area contributed by atoms with Crippen LogP contribution >= 0.6 is 0 Å². The average molecular weight is 503 g/mol. The Balaban J connectivity index is 3.03. The number of carbonyl (C=O) groups excluding carboxylic acids is 4. The number of unbranched alkanes of at least 4 members (excludes halogenated alkanes) is 1. The summed E-state index contributed by atoms with van der Waals surface area (Å²) in [4.78, 5) is 50.8. The van der Waals surface area contributed by atoms with Crippen molar-refractivity contribution in [3.63, 3.8) is 0 Å². The second-order valence-electron chi connectivity index (χ2n) is 8.07. The number of benzene rings is 1. The lowest BCUT2D eigenvalue weighted by molar-refractivity contribution is -0.147. The highest BCUT2D eigenvalue weighted by Crippen LogP contribution is 2.15. The molecule has 10 heteroatoms. The first-order valence-electron chi connectivity index (χ1n) is 11.8. The quantitative estimate of drug-likeness (QED) is 0.107. The van der Waals surface area contributed by atoms with Gasteiger partial charge in [0.1, 0.15) is 30.4 Å². The lowest BCUT2D eigenvalue weighted by atomic mass is 9.97. The molecule has 0 unspecified atom stereocenters. The van der Waals surface area contributed by atoms with Gasteiger partial charge in [-0.05, 0) is 43.5 Å². The Labute approximate surface area is 212 Å². The van der Waals surface area contributed by atoms with Crippen LogP contribution in [0.15, 0.2) is 49.6 Å². The van der Waals surface area contributed by atoms with Crippen molar-refractivity contribution in [2.24, 2.45) is 11.7 Å². The van der Waals surface area contributed by atoms with Crippen molar-refractivity contribution in [2.75, 3.05) is 27.3 Å². The molecule has 5 N–H and O–H groups in total. The lowest BCUT2D eigenvalue weighted by Gasteiger charge is -2.23. The Bertz CT molecular complexity index is 887. The summed E-state index contributed by atoms with van der Waals surface area (Å²) in [5.74, 6) is -2.79. The number of hydrogen-bond acceptors (Lipinski definition) is 7. The molecule has 0 saturated carbocycles. The fraction of sp³-hybridized carbons (Fsp3) is 0.462. The maximum Gasteiger partial charge on any atom is 0.328 e. The van der Waals surface area contributed by atoms with Crippen molar-refractivity contribution in [3.05, 3.63) is 55.1 Å². The molecule has 3 atom stereocenters. The molecule has 0 aliphatic heterocycles. The van der Waals surface area contributed by atoms with Gasteiger partial charge < -0.3 is 31.2 Å². The number of nitrogens with one attached hydrogen (secondary N) is 3.